The predicted octanol–water partition coefficient (Wildman–Crippen LogP) is 3.45. The van der Waals surface area contributed by atoms with Crippen LogP contribution in [0.4, 0.5) is 4.79 Å². The lowest BCUT2D eigenvalue weighted by Crippen LogP contribution is -2.45. The van der Waals surface area contributed by atoms with Gasteiger partial charge in [0.2, 0.25) is 0 Å². The Balaban J connectivity index is 1.72. The molecule has 2 aromatic rings. The Bertz CT molecular complexity index is 1300. The van der Waals surface area contributed by atoms with Crippen LogP contribution in [0.2, 0.25) is 0 Å². The van der Waals surface area contributed by atoms with Gasteiger partial charge in [0.15, 0.2) is 29.2 Å². The van der Waals surface area contributed by atoms with Gasteiger partial charge < -0.3 is 39.8 Å². The van der Waals surface area contributed by atoms with Crippen molar-refractivity contribution < 1.29 is 38.7 Å². The molecule has 0 aliphatic carbocycles. The third-order valence-electron chi connectivity index (χ3n) is 5.49. The molecular formula is C25H28Br2N4O8. The molecule has 0 aromatic heterocycles. The largest absolute Gasteiger partial charge is 0.503 e. The van der Waals surface area contributed by atoms with Crippen LogP contribution < -0.4 is 30.3 Å². The fraction of sp³-hybridized carbons (Fsp3) is 0.320. The maximum atomic E-state index is 12.4. The molecular weight excluding hydrogens is 644 g/mol. The summed E-state index contributed by atoms with van der Waals surface area (Å²) in [5.41, 5.74) is 4.35. The molecule has 0 saturated carbocycles. The van der Waals surface area contributed by atoms with Crippen molar-refractivity contribution in [2.75, 3.05) is 27.4 Å². The molecule has 0 radical (unpaired) electrons. The number of methoxy groups -OCH3 is 2. The van der Waals surface area contributed by atoms with Crippen molar-refractivity contribution in [3.05, 3.63) is 55.6 Å². The van der Waals surface area contributed by atoms with Crippen LogP contribution in [-0.4, -0.2) is 62.1 Å². The highest BCUT2D eigenvalue weighted by Crippen LogP contribution is 2.41. The number of aliphatic hydroxyl groups is 1. The van der Waals surface area contributed by atoms with Crippen molar-refractivity contribution in [1.29, 1.82) is 0 Å². The first-order valence-corrected chi connectivity index (χ1v) is 13.2. The summed E-state index contributed by atoms with van der Waals surface area (Å²) in [7, 11) is 2.69. The van der Waals surface area contributed by atoms with Crippen LogP contribution in [0.3, 0.4) is 0 Å². The first kappa shape index (κ1) is 30.1. The summed E-state index contributed by atoms with van der Waals surface area (Å²) in [6.07, 6.45) is 0.249. The smallest absolute Gasteiger partial charge is 0.337 e. The number of aliphatic hydroxyl groups excluding tert-OH is 1. The number of nitrogens with zero attached hydrogens (tertiary/aromatic N) is 1. The Labute approximate surface area is 241 Å². The molecule has 0 saturated heterocycles. The quantitative estimate of drug-likeness (QED) is 0.104. The number of hydrazone groups is 1. The molecule has 0 fully saturated rings. The predicted molar refractivity (Wildman–Crippen MR) is 149 cm³/mol. The third-order valence-corrected chi connectivity index (χ3v) is 7.65. The number of carbonyl (C=O) groups is 2. The number of allylic oxidation sites excluding steroid dienone is 1. The number of rotatable bonds is 11. The van der Waals surface area contributed by atoms with Crippen LogP contribution >= 0.6 is 31.9 Å². The molecule has 2 atom stereocenters. The minimum atomic E-state index is -1.18. The van der Waals surface area contributed by atoms with Crippen LogP contribution in [-0.2, 0) is 9.53 Å². The molecule has 0 unspecified atom stereocenters. The van der Waals surface area contributed by atoms with Crippen molar-refractivity contribution >= 4 is 50.1 Å². The summed E-state index contributed by atoms with van der Waals surface area (Å²) in [6, 6.07) is 5.29. The Morgan fingerprint density at radius 3 is 2.59 bits per heavy atom. The molecule has 39 heavy (non-hydrogen) atoms. The number of esters is 1. The summed E-state index contributed by atoms with van der Waals surface area (Å²) >= 11 is 6.64. The lowest BCUT2D eigenvalue weighted by atomic mass is 9.95. The first-order valence-electron chi connectivity index (χ1n) is 11.6. The lowest BCUT2D eigenvalue weighted by molar-refractivity contribution is -0.136. The van der Waals surface area contributed by atoms with E-state index in [2.05, 4.69) is 53.0 Å². The molecule has 3 rings (SSSR count). The van der Waals surface area contributed by atoms with Gasteiger partial charge in [0.05, 0.1) is 43.1 Å². The highest BCUT2D eigenvalue weighted by Gasteiger charge is 2.32. The summed E-state index contributed by atoms with van der Waals surface area (Å²) < 4.78 is 22.4. The van der Waals surface area contributed by atoms with E-state index in [-0.39, 0.29) is 23.7 Å². The molecule has 0 spiro atoms. The van der Waals surface area contributed by atoms with Crippen molar-refractivity contribution in [2.24, 2.45) is 5.10 Å². The standard InChI is InChI=1S/C25H28Br2N4O8/c1-5-38-16-8-13(22-19(24(34)37-4)12(2)29-25(35)30-22)6-7-15(16)39-11-18(32)31-28-10-14-9-17(36-3)23(33)21(27)20(14)26/h6-10,18,22,31-33H,5,11H2,1-4H3,(H2,29,30,35)/b28-10-/t18-,22+/m0/s1. The van der Waals surface area contributed by atoms with Gasteiger partial charge in [-0.15, -0.1) is 0 Å². The molecule has 1 aliphatic rings. The number of ether oxygens (including phenoxy) is 4. The number of carbonyl (C=O) groups excluding carboxylic acids is 2. The number of halogens is 2. The highest BCUT2D eigenvalue weighted by atomic mass is 79.9. The maximum absolute atomic E-state index is 12.4. The molecule has 12 nitrogen and oxygen atoms in total. The van der Waals surface area contributed by atoms with Gasteiger partial charge >= 0.3 is 12.0 Å². The van der Waals surface area contributed by atoms with Gasteiger partial charge in [0, 0.05) is 15.7 Å². The van der Waals surface area contributed by atoms with Gasteiger partial charge in [-0.25, -0.2) is 9.59 Å². The average Bonchev–Trinajstić information content (AvgIpc) is 2.91. The summed E-state index contributed by atoms with van der Waals surface area (Å²) in [5.74, 6) is 0.291. The Morgan fingerprint density at radius 1 is 1.18 bits per heavy atom. The monoisotopic (exact) mass is 670 g/mol. The number of benzene rings is 2. The Morgan fingerprint density at radius 2 is 1.92 bits per heavy atom. The molecule has 1 aliphatic heterocycles. The molecule has 1 heterocycles. The summed E-state index contributed by atoms with van der Waals surface area (Å²) in [4.78, 5) is 24.5. The SMILES string of the molecule is CCOc1cc([C@H]2NC(=O)NC(C)=C2C(=O)OC)ccc1OC[C@H](O)N/N=C\c1cc(OC)c(O)c(Br)c1Br. The van der Waals surface area contributed by atoms with Crippen molar-refractivity contribution in [3.8, 4) is 23.0 Å². The van der Waals surface area contributed by atoms with E-state index >= 15 is 0 Å². The number of aromatic hydroxyl groups is 1. The number of amides is 2. The van der Waals surface area contributed by atoms with E-state index in [1.165, 1.54) is 20.4 Å². The van der Waals surface area contributed by atoms with Crippen LogP contribution in [0, 0.1) is 0 Å². The highest BCUT2D eigenvalue weighted by molar-refractivity contribution is 9.13. The van der Waals surface area contributed by atoms with Gasteiger partial charge in [0.25, 0.3) is 0 Å². The zero-order valence-corrected chi connectivity index (χ0v) is 24.7. The maximum Gasteiger partial charge on any atom is 0.337 e. The van der Waals surface area contributed by atoms with Gasteiger partial charge in [-0.1, -0.05) is 6.07 Å². The normalized spacial score (nSPS) is 15.9. The Kier molecular flexibility index (Phi) is 10.4. The molecule has 5 N–H and O–H groups in total. The van der Waals surface area contributed by atoms with E-state index in [1.54, 1.807) is 38.1 Å². The second kappa shape index (κ2) is 13.5. The lowest BCUT2D eigenvalue weighted by Gasteiger charge is -2.28. The molecule has 0 bridgehead atoms. The van der Waals surface area contributed by atoms with E-state index in [9.17, 15) is 19.8 Å². The second-order valence-corrected chi connectivity index (χ2v) is 9.65. The number of hydrogen-bond donors (Lipinski definition) is 5. The van der Waals surface area contributed by atoms with Crippen LogP contribution in [0.25, 0.3) is 0 Å². The fourth-order valence-electron chi connectivity index (χ4n) is 3.68. The van der Waals surface area contributed by atoms with E-state index in [0.29, 0.717) is 43.9 Å². The number of hydrogen-bond acceptors (Lipinski definition) is 10. The number of phenolic OH excluding ortho intramolecular Hbond substituents is 1. The summed E-state index contributed by atoms with van der Waals surface area (Å²) in [6.45, 7) is 3.55. The van der Waals surface area contributed by atoms with Gasteiger partial charge in [-0.3, -0.25) is 5.43 Å². The van der Waals surface area contributed by atoms with E-state index in [0.717, 1.165) is 0 Å². The second-order valence-electron chi connectivity index (χ2n) is 8.06. The van der Waals surface area contributed by atoms with Crippen LogP contribution in [0.1, 0.15) is 31.0 Å². The van der Waals surface area contributed by atoms with Gasteiger partial charge in [-0.2, -0.15) is 5.10 Å². The third kappa shape index (κ3) is 7.13. The molecule has 2 amide bonds. The molecule has 14 heteroatoms. The van der Waals surface area contributed by atoms with Crippen LogP contribution in [0.5, 0.6) is 23.0 Å². The van der Waals surface area contributed by atoms with Gasteiger partial charge in [0.1, 0.15) is 6.61 Å². The fourth-order valence-corrected chi connectivity index (χ4v) is 4.51. The topological polar surface area (TPSA) is 160 Å². The molecule has 210 valence electrons. The average molecular weight is 672 g/mol. The van der Waals surface area contributed by atoms with E-state index in [4.69, 9.17) is 18.9 Å². The minimum Gasteiger partial charge on any atom is -0.503 e. The number of urea groups is 1. The first-order chi connectivity index (χ1) is 18.6. The number of nitrogens with one attached hydrogen (secondary N) is 3. The van der Waals surface area contributed by atoms with E-state index < -0.39 is 24.3 Å². The zero-order chi connectivity index (χ0) is 28.7. The molecule has 2 aromatic carbocycles. The Hall–Kier alpha value is -3.49. The van der Waals surface area contributed by atoms with E-state index in [1.807, 2.05) is 0 Å². The van der Waals surface area contributed by atoms with Gasteiger partial charge in [-0.05, 0) is 69.5 Å². The number of phenols is 1. The minimum absolute atomic E-state index is 0.0609. The summed E-state index contributed by atoms with van der Waals surface area (Å²) in [5, 5.41) is 29.7. The zero-order valence-electron chi connectivity index (χ0n) is 21.5. The van der Waals surface area contributed by atoms with Crippen molar-refractivity contribution in [1.82, 2.24) is 16.1 Å². The van der Waals surface area contributed by atoms with Crippen molar-refractivity contribution in [3.63, 3.8) is 0 Å². The van der Waals surface area contributed by atoms with Crippen LogP contribution in [0.15, 0.2) is 49.6 Å². The van der Waals surface area contributed by atoms with Crippen molar-refractivity contribution in [2.45, 2.75) is 26.1 Å².